The van der Waals surface area contributed by atoms with Gasteiger partial charge in [0.05, 0.1) is 11.2 Å². The molecule has 0 aliphatic carbocycles. The summed E-state index contributed by atoms with van der Waals surface area (Å²) in [6, 6.07) is 15.5. The zero-order valence-corrected chi connectivity index (χ0v) is 19.3. The molecule has 1 aromatic heterocycles. The van der Waals surface area contributed by atoms with Crippen LogP contribution in [0.15, 0.2) is 42.5 Å². The van der Waals surface area contributed by atoms with Gasteiger partial charge < -0.3 is 0 Å². The van der Waals surface area contributed by atoms with Crippen molar-refractivity contribution in [3.05, 3.63) is 53.6 Å². The van der Waals surface area contributed by atoms with Crippen LogP contribution < -0.4 is 0 Å². The van der Waals surface area contributed by atoms with Gasteiger partial charge in [-0.05, 0) is 71.4 Å². The standard InChI is InChI=1S/C26H37N3/c1-8-9-10-19-11-14-21(15-12-19)29-24-16-13-20(17-23(24)27-28-29)22(26(5,6)7)18-25(2,3)4/h11-17,22H,8-10,18H2,1-7H3. The maximum absolute atomic E-state index is 4.50. The molecule has 2 aromatic carbocycles. The van der Waals surface area contributed by atoms with Crippen molar-refractivity contribution < 1.29 is 0 Å². The maximum Gasteiger partial charge on any atom is 0.113 e. The zero-order valence-electron chi connectivity index (χ0n) is 19.3. The van der Waals surface area contributed by atoms with E-state index in [0.717, 1.165) is 29.6 Å². The Hall–Kier alpha value is -2.16. The quantitative estimate of drug-likeness (QED) is 0.440. The molecule has 1 atom stereocenters. The number of aryl methyl sites for hydroxylation is 1. The van der Waals surface area contributed by atoms with Crippen molar-refractivity contribution in [1.82, 2.24) is 15.0 Å². The van der Waals surface area contributed by atoms with Crippen molar-refractivity contribution in [1.29, 1.82) is 0 Å². The molecule has 1 unspecified atom stereocenters. The number of hydrogen-bond donors (Lipinski definition) is 0. The van der Waals surface area contributed by atoms with E-state index in [-0.39, 0.29) is 10.8 Å². The van der Waals surface area contributed by atoms with Crippen LogP contribution in [0.25, 0.3) is 16.7 Å². The van der Waals surface area contributed by atoms with Crippen molar-refractivity contribution in [2.24, 2.45) is 10.8 Å². The van der Waals surface area contributed by atoms with Crippen LogP contribution in [0.4, 0.5) is 0 Å². The van der Waals surface area contributed by atoms with E-state index in [0.29, 0.717) is 5.92 Å². The summed E-state index contributed by atoms with van der Waals surface area (Å²) < 4.78 is 1.96. The van der Waals surface area contributed by atoms with Gasteiger partial charge in [-0.25, -0.2) is 4.68 Å². The van der Waals surface area contributed by atoms with Gasteiger partial charge in [-0.3, -0.25) is 0 Å². The van der Waals surface area contributed by atoms with E-state index in [9.17, 15) is 0 Å². The highest BCUT2D eigenvalue weighted by atomic mass is 15.4. The molecule has 0 aliphatic rings. The number of unbranched alkanes of at least 4 members (excludes halogenated alkanes) is 1. The van der Waals surface area contributed by atoms with E-state index in [1.807, 2.05) is 4.68 Å². The van der Waals surface area contributed by atoms with Crippen molar-refractivity contribution >= 4 is 11.0 Å². The third kappa shape index (κ3) is 5.26. The van der Waals surface area contributed by atoms with Gasteiger partial charge in [0.25, 0.3) is 0 Å². The van der Waals surface area contributed by atoms with Crippen molar-refractivity contribution in [2.75, 3.05) is 0 Å². The molecule has 0 saturated heterocycles. The lowest BCUT2D eigenvalue weighted by atomic mass is 9.69. The first-order chi connectivity index (χ1) is 13.6. The summed E-state index contributed by atoms with van der Waals surface area (Å²) in [5.74, 6) is 0.481. The monoisotopic (exact) mass is 391 g/mol. The van der Waals surface area contributed by atoms with Gasteiger partial charge in [0.15, 0.2) is 0 Å². The Labute approximate surface area is 176 Å². The fourth-order valence-corrected chi connectivity index (χ4v) is 4.07. The number of rotatable bonds is 6. The molecule has 0 N–H and O–H groups in total. The van der Waals surface area contributed by atoms with E-state index >= 15 is 0 Å². The molecule has 3 rings (SSSR count). The molecule has 0 bridgehead atoms. The average molecular weight is 392 g/mol. The maximum atomic E-state index is 4.50. The average Bonchev–Trinajstić information content (AvgIpc) is 3.06. The Kier molecular flexibility index (Phi) is 6.16. The Morgan fingerprint density at radius 3 is 2.21 bits per heavy atom. The van der Waals surface area contributed by atoms with E-state index in [2.05, 4.69) is 101 Å². The molecule has 3 nitrogen and oxygen atoms in total. The molecule has 29 heavy (non-hydrogen) atoms. The van der Waals surface area contributed by atoms with Crippen LogP contribution in [0.2, 0.25) is 0 Å². The molecular formula is C26H37N3. The third-order valence-electron chi connectivity index (χ3n) is 5.73. The topological polar surface area (TPSA) is 30.7 Å². The highest BCUT2D eigenvalue weighted by Crippen LogP contribution is 2.43. The van der Waals surface area contributed by atoms with Gasteiger partial charge in [-0.1, -0.05) is 78.3 Å². The molecule has 3 heteroatoms. The van der Waals surface area contributed by atoms with Crippen molar-refractivity contribution in [3.63, 3.8) is 0 Å². The lowest BCUT2D eigenvalue weighted by molar-refractivity contribution is 0.229. The lowest BCUT2D eigenvalue weighted by Gasteiger charge is -2.36. The van der Waals surface area contributed by atoms with Crippen LogP contribution >= 0.6 is 0 Å². The van der Waals surface area contributed by atoms with Crippen LogP contribution in [-0.2, 0) is 6.42 Å². The molecule has 1 heterocycles. The molecule has 0 aliphatic heterocycles. The highest BCUT2D eigenvalue weighted by Gasteiger charge is 2.30. The number of hydrogen-bond acceptors (Lipinski definition) is 2. The van der Waals surface area contributed by atoms with E-state index < -0.39 is 0 Å². The van der Waals surface area contributed by atoms with Crippen LogP contribution in [-0.4, -0.2) is 15.0 Å². The molecule has 0 spiro atoms. The summed E-state index contributed by atoms with van der Waals surface area (Å²) in [7, 11) is 0. The Bertz CT molecular complexity index is 937. The van der Waals surface area contributed by atoms with Crippen LogP contribution in [0.5, 0.6) is 0 Å². The van der Waals surface area contributed by atoms with Crippen molar-refractivity contribution in [2.45, 2.75) is 80.1 Å². The number of benzene rings is 2. The zero-order chi connectivity index (χ0) is 21.2. The van der Waals surface area contributed by atoms with E-state index in [4.69, 9.17) is 0 Å². The smallest absolute Gasteiger partial charge is 0.113 e. The minimum absolute atomic E-state index is 0.200. The first-order valence-corrected chi connectivity index (χ1v) is 11.0. The summed E-state index contributed by atoms with van der Waals surface area (Å²) in [4.78, 5) is 0. The Balaban J connectivity index is 1.93. The van der Waals surface area contributed by atoms with Gasteiger partial charge in [0, 0.05) is 0 Å². The predicted molar refractivity (Wildman–Crippen MR) is 124 cm³/mol. The minimum Gasteiger partial charge on any atom is -0.213 e. The summed E-state index contributed by atoms with van der Waals surface area (Å²) >= 11 is 0. The summed E-state index contributed by atoms with van der Waals surface area (Å²) in [5, 5.41) is 8.96. The second-order valence-electron chi connectivity index (χ2n) is 10.7. The highest BCUT2D eigenvalue weighted by molar-refractivity contribution is 5.77. The molecule has 0 fully saturated rings. The van der Waals surface area contributed by atoms with E-state index in [1.165, 1.54) is 24.0 Å². The van der Waals surface area contributed by atoms with Gasteiger partial charge in [-0.2, -0.15) is 0 Å². The molecular weight excluding hydrogens is 354 g/mol. The molecule has 156 valence electrons. The summed E-state index contributed by atoms with van der Waals surface area (Å²) in [5.41, 5.74) is 6.34. The normalized spacial score (nSPS) is 13.8. The summed E-state index contributed by atoms with van der Waals surface area (Å²) in [6.07, 6.45) is 4.75. The molecule has 0 saturated carbocycles. The number of fused-ring (bicyclic) bond motifs is 1. The lowest BCUT2D eigenvalue weighted by Crippen LogP contribution is -2.23. The Morgan fingerprint density at radius 1 is 0.931 bits per heavy atom. The SMILES string of the molecule is CCCCc1ccc(-n2nnc3cc(C(CC(C)(C)C)C(C)(C)C)ccc32)cc1. The van der Waals surface area contributed by atoms with Gasteiger partial charge in [0.2, 0.25) is 0 Å². The molecule has 0 radical (unpaired) electrons. The second kappa shape index (κ2) is 8.30. The molecule has 0 amide bonds. The number of aromatic nitrogens is 3. The van der Waals surface area contributed by atoms with Gasteiger partial charge in [-0.15, -0.1) is 5.10 Å². The van der Waals surface area contributed by atoms with Gasteiger partial charge >= 0.3 is 0 Å². The fourth-order valence-electron chi connectivity index (χ4n) is 4.07. The Morgan fingerprint density at radius 2 is 1.62 bits per heavy atom. The third-order valence-corrected chi connectivity index (χ3v) is 5.73. The largest absolute Gasteiger partial charge is 0.213 e. The fraction of sp³-hybridized carbons (Fsp3) is 0.538. The van der Waals surface area contributed by atoms with E-state index in [1.54, 1.807) is 0 Å². The second-order valence-corrected chi connectivity index (χ2v) is 10.7. The van der Waals surface area contributed by atoms with Gasteiger partial charge in [0.1, 0.15) is 5.52 Å². The first-order valence-electron chi connectivity index (χ1n) is 11.0. The summed E-state index contributed by atoms with van der Waals surface area (Å²) in [6.45, 7) is 16.2. The van der Waals surface area contributed by atoms with Crippen LogP contribution in [0.3, 0.4) is 0 Å². The molecule has 3 aromatic rings. The first kappa shape index (κ1) is 21.5. The van der Waals surface area contributed by atoms with Crippen molar-refractivity contribution in [3.8, 4) is 5.69 Å². The predicted octanol–water partition coefficient (Wildman–Crippen LogP) is 7.33. The van der Waals surface area contributed by atoms with Crippen LogP contribution in [0.1, 0.15) is 84.8 Å². The number of nitrogens with zero attached hydrogens (tertiary/aromatic N) is 3. The minimum atomic E-state index is 0.200. The van der Waals surface area contributed by atoms with Crippen LogP contribution in [0, 0.1) is 10.8 Å².